The summed E-state index contributed by atoms with van der Waals surface area (Å²) in [5.74, 6) is -1.81. The van der Waals surface area contributed by atoms with Gasteiger partial charge in [0.2, 0.25) is 0 Å². The Morgan fingerprint density at radius 1 is 1.00 bits per heavy atom. The van der Waals surface area contributed by atoms with E-state index in [0.29, 0.717) is 0 Å². The largest absolute Gasteiger partial charge is 0.394 e. The van der Waals surface area contributed by atoms with E-state index in [1.807, 2.05) is 0 Å². The van der Waals surface area contributed by atoms with Gasteiger partial charge in [0.25, 0.3) is 0 Å². The normalized spacial score (nSPS) is 12.2. The Hall–Kier alpha value is -2.01. The third-order valence-corrected chi connectivity index (χ3v) is 2.72. The molecule has 0 spiro atoms. The van der Waals surface area contributed by atoms with E-state index in [4.69, 9.17) is 0 Å². The first-order valence-electron chi connectivity index (χ1n) is 5.68. The number of para-hydroxylation sites is 1. The summed E-state index contributed by atoms with van der Waals surface area (Å²) in [6.07, 6.45) is 0. The lowest BCUT2D eigenvalue weighted by molar-refractivity contribution is 0.273. The van der Waals surface area contributed by atoms with Gasteiger partial charge in [0, 0.05) is 5.56 Å². The summed E-state index contributed by atoms with van der Waals surface area (Å²) in [5.41, 5.74) is 0.0657. The summed E-state index contributed by atoms with van der Waals surface area (Å²) in [6.45, 7) is -0.491. The Balaban J connectivity index is 2.30. The summed E-state index contributed by atoms with van der Waals surface area (Å²) in [5, 5.41) is 11.9. The molecule has 0 amide bonds. The SMILES string of the molecule is OCC(Nc1ccccc1F)c1cc(F)ccc1F. The van der Waals surface area contributed by atoms with E-state index in [2.05, 4.69) is 5.32 Å². The van der Waals surface area contributed by atoms with Crippen LogP contribution in [0, 0.1) is 17.5 Å². The van der Waals surface area contributed by atoms with Gasteiger partial charge in [0.15, 0.2) is 0 Å². The van der Waals surface area contributed by atoms with Gasteiger partial charge in [-0.3, -0.25) is 0 Å². The molecule has 2 N–H and O–H groups in total. The van der Waals surface area contributed by atoms with Gasteiger partial charge in [-0.25, -0.2) is 13.2 Å². The predicted molar refractivity (Wildman–Crippen MR) is 66.2 cm³/mol. The van der Waals surface area contributed by atoms with Crippen LogP contribution in [0.15, 0.2) is 42.5 Å². The van der Waals surface area contributed by atoms with Crippen LogP contribution in [-0.2, 0) is 0 Å². The second kappa shape index (κ2) is 5.75. The molecule has 0 aliphatic carbocycles. The van der Waals surface area contributed by atoms with E-state index < -0.39 is 30.1 Å². The topological polar surface area (TPSA) is 32.3 Å². The number of rotatable bonds is 4. The quantitative estimate of drug-likeness (QED) is 0.891. The van der Waals surface area contributed by atoms with Crippen LogP contribution in [0.1, 0.15) is 11.6 Å². The average molecular weight is 267 g/mol. The van der Waals surface area contributed by atoms with Crippen molar-refractivity contribution in [2.24, 2.45) is 0 Å². The van der Waals surface area contributed by atoms with Gasteiger partial charge in [-0.05, 0) is 30.3 Å². The summed E-state index contributed by atoms with van der Waals surface area (Å²) in [4.78, 5) is 0. The van der Waals surface area contributed by atoms with Crippen molar-refractivity contribution in [3.05, 3.63) is 65.5 Å². The average Bonchev–Trinajstić information content (AvgIpc) is 2.41. The van der Waals surface area contributed by atoms with Crippen LogP contribution in [0.25, 0.3) is 0 Å². The Morgan fingerprint density at radius 3 is 2.42 bits per heavy atom. The molecule has 1 atom stereocenters. The fourth-order valence-electron chi connectivity index (χ4n) is 1.77. The second-order valence-electron chi connectivity index (χ2n) is 4.03. The number of benzene rings is 2. The molecule has 1 unspecified atom stereocenters. The van der Waals surface area contributed by atoms with E-state index in [-0.39, 0.29) is 11.3 Å². The van der Waals surface area contributed by atoms with Crippen LogP contribution in [0.2, 0.25) is 0 Å². The number of hydrogen-bond donors (Lipinski definition) is 2. The minimum atomic E-state index is -0.924. The molecule has 0 aromatic heterocycles. The molecule has 2 nitrogen and oxygen atoms in total. The molecule has 5 heteroatoms. The summed E-state index contributed by atoms with van der Waals surface area (Å²) in [7, 11) is 0. The smallest absolute Gasteiger partial charge is 0.146 e. The highest BCUT2D eigenvalue weighted by molar-refractivity contribution is 5.47. The third kappa shape index (κ3) is 3.06. The molecular formula is C14H12F3NO. The Morgan fingerprint density at radius 2 is 1.74 bits per heavy atom. The molecule has 2 aromatic rings. The maximum atomic E-state index is 13.6. The molecule has 0 aliphatic heterocycles. The Bertz CT molecular complexity index is 574. The van der Waals surface area contributed by atoms with Gasteiger partial charge >= 0.3 is 0 Å². The molecule has 0 bridgehead atoms. The zero-order valence-electron chi connectivity index (χ0n) is 9.91. The standard InChI is InChI=1S/C14H12F3NO/c15-9-5-6-11(16)10(7-9)14(8-19)18-13-4-2-1-3-12(13)17/h1-7,14,18-19H,8H2. The highest BCUT2D eigenvalue weighted by atomic mass is 19.1. The predicted octanol–water partition coefficient (Wildman–Crippen LogP) is 3.25. The number of nitrogens with one attached hydrogen (secondary N) is 1. The number of hydrogen-bond acceptors (Lipinski definition) is 2. The first-order valence-corrected chi connectivity index (χ1v) is 5.68. The van der Waals surface area contributed by atoms with Crippen molar-refractivity contribution in [2.45, 2.75) is 6.04 Å². The molecule has 2 aromatic carbocycles. The van der Waals surface area contributed by atoms with Crippen LogP contribution >= 0.6 is 0 Å². The molecule has 0 saturated heterocycles. The first-order chi connectivity index (χ1) is 9.11. The fraction of sp³-hybridized carbons (Fsp3) is 0.143. The lowest BCUT2D eigenvalue weighted by Gasteiger charge is -2.19. The zero-order valence-corrected chi connectivity index (χ0v) is 9.91. The Kier molecular flexibility index (Phi) is 4.06. The van der Waals surface area contributed by atoms with Crippen molar-refractivity contribution in [3.63, 3.8) is 0 Å². The third-order valence-electron chi connectivity index (χ3n) is 2.72. The van der Waals surface area contributed by atoms with Gasteiger partial charge in [-0.2, -0.15) is 0 Å². The van der Waals surface area contributed by atoms with Gasteiger partial charge < -0.3 is 10.4 Å². The zero-order chi connectivity index (χ0) is 13.8. The van der Waals surface area contributed by atoms with Crippen LogP contribution in [0.4, 0.5) is 18.9 Å². The Labute approximate surface area is 108 Å². The molecule has 19 heavy (non-hydrogen) atoms. The maximum Gasteiger partial charge on any atom is 0.146 e. The minimum absolute atomic E-state index is 0.0502. The highest BCUT2D eigenvalue weighted by Gasteiger charge is 2.17. The van der Waals surface area contributed by atoms with Crippen LogP contribution < -0.4 is 5.32 Å². The molecule has 100 valence electrons. The van der Waals surface area contributed by atoms with E-state index in [0.717, 1.165) is 18.2 Å². The minimum Gasteiger partial charge on any atom is -0.394 e. The molecule has 2 rings (SSSR count). The summed E-state index contributed by atoms with van der Waals surface area (Å²) >= 11 is 0. The molecule has 0 fully saturated rings. The van der Waals surface area contributed by atoms with Crippen LogP contribution in [0.3, 0.4) is 0 Å². The van der Waals surface area contributed by atoms with Crippen molar-refractivity contribution in [1.29, 1.82) is 0 Å². The summed E-state index contributed by atoms with van der Waals surface area (Å²) < 4.78 is 40.2. The molecule has 0 heterocycles. The van der Waals surface area contributed by atoms with Crippen LogP contribution in [0.5, 0.6) is 0 Å². The van der Waals surface area contributed by atoms with E-state index in [9.17, 15) is 18.3 Å². The van der Waals surface area contributed by atoms with E-state index in [1.54, 1.807) is 6.07 Å². The summed E-state index contributed by atoms with van der Waals surface area (Å²) in [6, 6.07) is 7.80. The van der Waals surface area contributed by atoms with Crippen molar-refractivity contribution in [3.8, 4) is 0 Å². The lowest BCUT2D eigenvalue weighted by Crippen LogP contribution is -2.17. The molecule has 0 saturated carbocycles. The number of halogens is 3. The van der Waals surface area contributed by atoms with E-state index in [1.165, 1.54) is 18.2 Å². The second-order valence-corrected chi connectivity index (χ2v) is 4.03. The van der Waals surface area contributed by atoms with Gasteiger partial charge in [0.1, 0.15) is 17.5 Å². The number of aliphatic hydroxyl groups is 1. The van der Waals surface area contributed by atoms with Crippen molar-refractivity contribution >= 4 is 5.69 Å². The molecule has 0 aliphatic rings. The van der Waals surface area contributed by atoms with Gasteiger partial charge in [-0.1, -0.05) is 12.1 Å². The monoisotopic (exact) mass is 267 g/mol. The maximum absolute atomic E-state index is 13.6. The molecular weight excluding hydrogens is 255 g/mol. The van der Waals surface area contributed by atoms with Crippen molar-refractivity contribution < 1.29 is 18.3 Å². The lowest BCUT2D eigenvalue weighted by atomic mass is 10.1. The fourth-order valence-corrected chi connectivity index (χ4v) is 1.77. The van der Waals surface area contributed by atoms with E-state index >= 15 is 0 Å². The number of anilines is 1. The highest BCUT2D eigenvalue weighted by Crippen LogP contribution is 2.24. The first kappa shape index (κ1) is 13.4. The van der Waals surface area contributed by atoms with Gasteiger partial charge in [-0.15, -0.1) is 0 Å². The van der Waals surface area contributed by atoms with Crippen molar-refractivity contribution in [2.75, 3.05) is 11.9 Å². The number of aliphatic hydroxyl groups excluding tert-OH is 1. The van der Waals surface area contributed by atoms with Crippen molar-refractivity contribution in [1.82, 2.24) is 0 Å². The van der Waals surface area contributed by atoms with Gasteiger partial charge in [0.05, 0.1) is 18.3 Å². The molecule has 0 radical (unpaired) electrons. The van der Waals surface area contributed by atoms with Crippen LogP contribution in [-0.4, -0.2) is 11.7 Å².